The van der Waals surface area contributed by atoms with E-state index in [4.69, 9.17) is 4.74 Å². The van der Waals surface area contributed by atoms with Gasteiger partial charge in [0, 0.05) is 13.3 Å². The minimum atomic E-state index is -0.117. The Labute approximate surface area is 148 Å². The van der Waals surface area contributed by atoms with Crippen molar-refractivity contribution in [2.75, 3.05) is 6.61 Å². The van der Waals surface area contributed by atoms with Crippen molar-refractivity contribution >= 4 is 17.0 Å². The van der Waals surface area contributed by atoms with Gasteiger partial charge < -0.3 is 4.74 Å². The standard InChI is InChI=1S/C21H25N2O2/c1-3-25-21(24)14-9-15-22-17(2)23(16-18-10-5-4-6-11-18)20-13-8-7-12-19(20)22/h4-8,10-13H,3,9,14-16H2,1-2H3/q+1. The van der Waals surface area contributed by atoms with Gasteiger partial charge in [-0.2, -0.15) is 0 Å². The van der Waals surface area contributed by atoms with Gasteiger partial charge >= 0.3 is 5.97 Å². The fraction of sp³-hybridized carbons (Fsp3) is 0.333. The second kappa shape index (κ2) is 7.97. The number of nitrogens with zero attached hydrogens (tertiary/aromatic N) is 2. The Morgan fingerprint density at radius 3 is 2.56 bits per heavy atom. The molecule has 0 atom stereocenters. The first-order chi connectivity index (χ1) is 12.2. The van der Waals surface area contributed by atoms with Crippen LogP contribution in [0.4, 0.5) is 0 Å². The fourth-order valence-electron chi connectivity index (χ4n) is 3.28. The van der Waals surface area contributed by atoms with E-state index in [1.54, 1.807) is 0 Å². The van der Waals surface area contributed by atoms with E-state index in [0.29, 0.717) is 13.0 Å². The van der Waals surface area contributed by atoms with Crippen LogP contribution in [0, 0.1) is 6.92 Å². The highest BCUT2D eigenvalue weighted by Crippen LogP contribution is 2.16. The number of aryl methyl sites for hydroxylation is 1. The Balaban J connectivity index is 1.86. The van der Waals surface area contributed by atoms with Crippen LogP contribution in [0.3, 0.4) is 0 Å². The van der Waals surface area contributed by atoms with Crippen molar-refractivity contribution in [2.45, 2.75) is 39.8 Å². The van der Waals surface area contributed by atoms with Crippen LogP contribution in [0.15, 0.2) is 54.6 Å². The van der Waals surface area contributed by atoms with Crippen molar-refractivity contribution in [3.05, 3.63) is 66.0 Å². The summed E-state index contributed by atoms with van der Waals surface area (Å²) in [7, 11) is 0. The first-order valence-corrected chi connectivity index (χ1v) is 8.88. The lowest BCUT2D eigenvalue weighted by molar-refractivity contribution is -0.669. The van der Waals surface area contributed by atoms with Gasteiger partial charge in [-0.15, -0.1) is 0 Å². The van der Waals surface area contributed by atoms with Crippen molar-refractivity contribution in [3.8, 4) is 0 Å². The summed E-state index contributed by atoms with van der Waals surface area (Å²) >= 11 is 0. The average Bonchev–Trinajstić information content (AvgIpc) is 2.89. The highest BCUT2D eigenvalue weighted by atomic mass is 16.5. The molecule has 0 spiro atoms. The molecule has 0 amide bonds. The molecule has 2 aromatic carbocycles. The maximum Gasteiger partial charge on any atom is 0.305 e. The number of benzene rings is 2. The lowest BCUT2D eigenvalue weighted by atomic mass is 10.2. The van der Waals surface area contributed by atoms with Crippen molar-refractivity contribution in [1.82, 2.24) is 4.57 Å². The smallest absolute Gasteiger partial charge is 0.305 e. The summed E-state index contributed by atoms with van der Waals surface area (Å²) in [6.07, 6.45) is 1.24. The molecule has 0 unspecified atom stereocenters. The van der Waals surface area contributed by atoms with Gasteiger partial charge in [0.15, 0.2) is 11.0 Å². The predicted molar refractivity (Wildman–Crippen MR) is 98.3 cm³/mol. The molecule has 0 radical (unpaired) electrons. The van der Waals surface area contributed by atoms with Gasteiger partial charge in [-0.05, 0) is 31.0 Å². The normalized spacial score (nSPS) is 11.0. The Bertz CT molecular complexity index is 853. The molecule has 1 aromatic heterocycles. The van der Waals surface area contributed by atoms with E-state index in [2.05, 4.69) is 64.6 Å². The quantitative estimate of drug-likeness (QED) is 0.487. The van der Waals surface area contributed by atoms with E-state index >= 15 is 0 Å². The van der Waals surface area contributed by atoms with E-state index in [1.807, 2.05) is 13.0 Å². The number of esters is 1. The highest BCUT2D eigenvalue weighted by Gasteiger charge is 2.21. The summed E-state index contributed by atoms with van der Waals surface area (Å²) in [6, 6.07) is 18.9. The SMILES string of the molecule is CCOC(=O)CCCn1c(C)[n+](Cc2ccccc2)c2ccccc21. The van der Waals surface area contributed by atoms with Gasteiger partial charge in [-0.1, -0.05) is 42.5 Å². The Hall–Kier alpha value is -2.62. The largest absolute Gasteiger partial charge is 0.466 e. The Morgan fingerprint density at radius 1 is 1.08 bits per heavy atom. The molecule has 0 aliphatic rings. The number of carbonyl (C=O) groups excluding carboxylic acids is 1. The van der Waals surface area contributed by atoms with Crippen LogP contribution in [-0.4, -0.2) is 17.1 Å². The predicted octanol–water partition coefficient (Wildman–Crippen LogP) is 3.63. The first kappa shape index (κ1) is 17.2. The van der Waals surface area contributed by atoms with Gasteiger partial charge in [-0.3, -0.25) is 4.79 Å². The zero-order chi connectivity index (χ0) is 17.6. The number of para-hydroxylation sites is 2. The Kier molecular flexibility index (Phi) is 5.49. The average molecular weight is 337 g/mol. The maximum atomic E-state index is 11.6. The number of imidazole rings is 1. The highest BCUT2D eigenvalue weighted by molar-refractivity contribution is 5.72. The summed E-state index contributed by atoms with van der Waals surface area (Å²) in [6.45, 7) is 6.09. The molecule has 3 rings (SSSR count). The summed E-state index contributed by atoms with van der Waals surface area (Å²) in [5.41, 5.74) is 3.71. The van der Waals surface area contributed by atoms with E-state index in [-0.39, 0.29) is 5.97 Å². The van der Waals surface area contributed by atoms with E-state index < -0.39 is 0 Å². The van der Waals surface area contributed by atoms with Crippen LogP contribution >= 0.6 is 0 Å². The summed E-state index contributed by atoms with van der Waals surface area (Å²) in [5.74, 6) is 1.09. The zero-order valence-corrected chi connectivity index (χ0v) is 14.9. The number of hydrogen-bond acceptors (Lipinski definition) is 2. The lowest BCUT2D eigenvalue weighted by Crippen LogP contribution is -2.37. The van der Waals surface area contributed by atoms with Crippen molar-refractivity contribution < 1.29 is 14.1 Å². The molecule has 4 heteroatoms. The van der Waals surface area contributed by atoms with Crippen molar-refractivity contribution in [3.63, 3.8) is 0 Å². The number of rotatable bonds is 7. The fourth-order valence-corrected chi connectivity index (χ4v) is 3.28. The van der Waals surface area contributed by atoms with Crippen LogP contribution < -0.4 is 4.57 Å². The van der Waals surface area contributed by atoms with E-state index in [9.17, 15) is 4.79 Å². The Morgan fingerprint density at radius 2 is 1.80 bits per heavy atom. The molecule has 0 N–H and O–H groups in total. The maximum absolute atomic E-state index is 11.6. The van der Waals surface area contributed by atoms with Crippen molar-refractivity contribution in [2.24, 2.45) is 0 Å². The van der Waals surface area contributed by atoms with Crippen LogP contribution in [0.25, 0.3) is 11.0 Å². The van der Waals surface area contributed by atoms with Crippen LogP contribution in [-0.2, 0) is 22.6 Å². The third-order valence-electron chi connectivity index (χ3n) is 4.50. The second-order valence-corrected chi connectivity index (χ2v) is 6.17. The van der Waals surface area contributed by atoms with Gasteiger partial charge in [0.1, 0.15) is 6.54 Å². The molecule has 0 bridgehead atoms. The van der Waals surface area contributed by atoms with Gasteiger partial charge in [0.25, 0.3) is 5.82 Å². The molecule has 0 aliphatic carbocycles. The van der Waals surface area contributed by atoms with Gasteiger partial charge in [0.05, 0.1) is 13.2 Å². The number of ether oxygens (including phenoxy) is 1. The molecule has 25 heavy (non-hydrogen) atoms. The molecular formula is C21H25N2O2+. The topological polar surface area (TPSA) is 35.1 Å². The summed E-state index contributed by atoms with van der Waals surface area (Å²) < 4.78 is 9.67. The van der Waals surface area contributed by atoms with E-state index in [0.717, 1.165) is 19.5 Å². The van der Waals surface area contributed by atoms with Crippen LogP contribution in [0.5, 0.6) is 0 Å². The molecule has 4 nitrogen and oxygen atoms in total. The van der Waals surface area contributed by atoms with Crippen LogP contribution in [0.1, 0.15) is 31.2 Å². The van der Waals surface area contributed by atoms with Gasteiger partial charge in [0.2, 0.25) is 0 Å². The summed E-state index contributed by atoms with van der Waals surface area (Å²) in [4.78, 5) is 11.6. The van der Waals surface area contributed by atoms with Crippen LogP contribution in [0.2, 0.25) is 0 Å². The third-order valence-corrected chi connectivity index (χ3v) is 4.50. The number of carbonyl (C=O) groups is 1. The molecule has 0 fully saturated rings. The molecule has 0 aliphatic heterocycles. The summed E-state index contributed by atoms with van der Waals surface area (Å²) in [5, 5.41) is 0. The van der Waals surface area contributed by atoms with Gasteiger partial charge in [-0.25, -0.2) is 9.13 Å². The number of aromatic nitrogens is 2. The molecule has 130 valence electrons. The number of hydrogen-bond donors (Lipinski definition) is 0. The third kappa shape index (κ3) is 3.90. The van der Waals surface area contributed by atoms with E-state index in [1.165, 1.54) is 22.4 Å². The molecule has 1 heterocycles. The minimum Gasteiger partial charge on any atom is -0.466 e. The molecule has 3 aromatic rings. The molecule has 0 saturated heterocycles. The number of fused-ring (bicyclic) bond motifs is 1. The molecular weight excluding hydrogens is 312 g/mol. The van der Waals surface area contributed by atoms with Crippen molar-refractivity contribution in [1.29, 1.82) is 0 Å². The monoisotopic (exact) mass is 337 g/mol. The minimum absolute atomic E-state index is 0.117. The second-order valence-electron chi connectivity index (χ2n) is 6.17. The molecule has 0 saturated carbocycles. The lowest BCUT2D eigenvalue weighted by Gasteiger charge is -2.03. The zero-order valence-electron chi connectivity index (χ0n) is 14.9. The first-order valence-electron chi connectivity index (χ1n) is 8.88.